The van der Waals surface area contributed by atoms with Crippen LogP contribution in [-0.4, -0.2) is 16.5 Å². The van der Waals surface area contributed by atoms with Gasteiger partial charge in [-0.25, -0.2) is 9.69 Å². The summed E-state index contributed by atoms with van der Waals surface area (Å²) in [6, 6.07) is 16.1. The van der Waals surface area contributed by atoms with Gasteiger partial charge in [0.2, 0.25) is 0 Å². The molecule has 4 rings (SSSR count). The molecule has 3 amide bonds. The Morgan fingerprint density at radius 3 is 2.46 bits per heavy atom. The van der Waals surface area contributed by atoms with E-state index in [0.717, 1.165) is 21.8 Å². The predicted molar refractivity (Wildman–Crippen MR) is 111 cm³/mol. The van der Waals surface area contributed by atoms with Gasteiger partial charge in [0, 0.05) is 22.6 Å². The van der Waals surface area contributed by atoms with Crippen molar-refractivity contribution in [1.82, 2.24) is 9.88 Å². The van der Waals surface area contributed by atoms with Gasteiger partial charge in [-0.15, -0.1) is 0 Å². The highest BCUT2D eigenvalue weighted by molar-refractivity contribution is 6.31. The number of carbonyl (C=O) groups excluding carboxylic acids is 2. The van der Waals surface area contributed by atoms with E-state index < -0.39 is 11.9 Å². The van der Waals surface area contributed by atoms with E-state index in [-0.39, 0.29) is 5.70 Å². The Morgan fingerprint density at radius 2 is 1.75 bits per heavy atom. The number of benzene rings is 2. The molecule has 0 aliphatic carbocycles. The van der Waals surface area contributed by atoms with Crippen LogP contribution in [-0.2, 0) is 4.79 Å². The number of amides is 3. The van der Waals surface area contributed by atoms with Gasteiger partial charge in [0.15, 0.2) is 0 Å². The zero-order valence-electron chi connectivity index (χ0n) is 15.4. The highest BCUT2D eigenvalue weighted by atomic mass is 35.5. The van der Waals surface area contributed by atoms with Crippen LogP contribution < -0.4 is 10.2 Å². The molecule has 5 nitrogen and oxygen atoms in total. The zero-order chi connectivity index (χ0) is 19.8. The number of urea groups is 1. The summed E-state index contributed by atoms with van der Waals surface area (Å²) in [7, 11) is 0. The van der Waals surface area contributed by atoms with Crippen LogP contribution in [0.15, 0.2) is 66.5 Å². The van der Waals surface area contributed by atoms with Gasteiger partial charge in [-0.2, -0.15) is 0 Å². The number of nitrogens with one attached hydrogen (secondary N) is 1. The maximum Gasteiger partial charge on any atom is 0.333 e. The standard InChI is InChI=1S/C22H18ClN3O2/c1-14-5-10-20(15(2)12-14)25-11-3-4-18(25)13-19-21(27)26(22(28)24-19)17-8-6-16(23)7-9-17/h3-13H,1-2H3,(H,24,28)/b19-13+. The fraction of sp³-hybridized carbons (Fsp3) is 0.0909. The number of hydrogen-bond donors (Lipinski definition) is 1. The van der Waals surface area contributed by atoms with Crippen LogP contribution in [0, 0.1) is 13.8 Å². The number of aromatic nitrogens is 1. The summed E-state index contributed by atoms with van der Waals surface area (Å²) in [5.74, 6) is -0.402. The molecule has 1 saturated heterocycles. The van der Waals surface area contributed by atoms with Gasteiger partial charge in [0.25, 0.3) is 5.91 Å². The van der Waals surface area contributed by atoms with Crippen LogP contribution in [0.25, 0.3) is 11.8 Å². The van der Waals surface area contributed by atoms with Crippen molar-refractivity contribution in [2.24, 2.45) is 0 Å². The SMILES string of the molecule is Cc1ccc(-n2cccc2/C=C2/NC(=O)N(c3ccc(Cl)cc3)C2=O)c(C)c1. The first-order valence-corrected chi connectivity index (χ1v) is 9.19. The van der Waals surface area contributed by atoms with Crippen molar-refractivity contribution in [3.05, 3.63) is 88.3 Å². The minimum Gasteiger partial charge on any atom is -0.317 e. The third-order valence-electron chi connectivity index (χ3n) is 4.65. The van der Waals surface area contributed by atoms with E-state index in [0.29, 0.717) is 10.7 Å². The highest BCUT2D eigenvalue weighted by Gasteiger charge is 2.35. The molecule has 1 N–H and O–H groups in total. The molecule has 6 heteroatoms. The molecule has 0 spiro atoms. The van der Waals surface area contributed by atoms with Crippen molar-refractivity contribution in [2.45, 2.75) is 13.8 Å². The summed E-state index contributed by atoms with van der Waals surface area (Å²) in [6.45, 7) is 4.09. The summed E-state index contributed by atoms with van der Waals surface area (Å²) < 4.78 is 1.99. The molecule has 140 valence electrons. The van der Waals surface area contributed by atoms with Gasteiger partial charge >= 0.3 is 6.03 Å². The van der Waals surface area contributed by atoms with Gasteiger partial charge in [-0.1, -0.05) is 29.3 Å². The Hall–Kier alpha value is -3.31. The lowest BCUT2D eigenvalue weighted by Gasteiger charge is -2.12. The van der Waals surface area contributed by atoms with Crippen molar-refractivity contribution < 1.29 is 9.59 Å². The smallest absolute Gasteiger partial charge is 0.317 e. The fourth-order valence-corrected chi connectivity index (χ4v) is 3.44. The highest BCUT2D eigenvalue weighted by Crippen LogP contribution is 2.25. The largest absolute Gasteiger partial charge is 0.333 e. The molecule has 3 aromatic rings. The zero-order valence-corrected chi connectivity index (χ0v) is 16.2. The summed E-state index contributed by atoms with van der Waals surface area (Å²) >= 11 is 5.89. The molecule has 28 heavy (non-hydrogen) atoms. The number of nitrogens with zero attached hydrogens (tertiary/aromatic N) is 2. The van der Waals surface area contributed by atoms with E-state index in [4.69, 9.17) is 11.6 Å². The minimum atomic E-state index is -0.483. The second kappa shape index (κ2) is 7.02. The van der Waals surface area contributed by atoms with E-state index in [2.05, 4.69) is 11.4 Å². The second-order valence-corrected chi connectivity index (χ2v) is 7.13. The number of rotatable bonds is 3. The lowest BCUT2D eigenvalue weighted by molar-refractivity contribution is -0.113. The Balaban J connectivity index is 1.69. The fourth-order valence-electron chi connectivity index (χ4n) is 3.31. The predicted octanol–water partition coefficient (Wildman–Crippen LogP) is 4.84. The van der Waals surface area contributed by atoms with Crippen LogP contribution in [0.3, 0.4) is 0 Å². The van der Waals surface area contributed by atoms with E-state index in [1.807, 2.05) is 48.9 Å². The van der Waals surface area contributed by atoms with Gasteiger partial charge in [-0.05, 0) is 68.0 Å². The Kier molecular flexibility index (Phi) is 4.53. The van der Waals surface area contributed by atoms with Crippen molar-refractivity contribution >= 4 is 35.3 Å². The third kappa shape index (κ3) is 3.21. The molecule has 1 aliphatic rings. The molecule has 2 aromatic carbocycles. The van der Waals surface area contributed by atoms with Crippen molar-refractivity contribution in [3.8, 4) is 5.69 Å². The lowest BCUT2D eigenvalue weighted by Crippen LogP contribution is -2.30. The Bertz CT molecular complexity index is 1110. The Morgan fingerprint density at radius 1 is 1.00 bits per heavy atom. The van der Waals surface area contributed by atoms with Gasteiger partial charge < -0.3 is 9.88 Å². The number of imide groups is 1. The quantitative estimate of drug-likeness (QED) is 0.512. The molecule has 0 radical (unpaired) electrons. The van der Waals surface area contributed by atoms with Crippen LogP contribution in [0.2, 0.25) is 5.02 Å². The topological polar surface area (TPSA) is 54.3 Å². The number of hydrogen-bond acceptors (Lipinski definition) is 2. The molecule has 1 aromatic heterocycles. The summed E-state index contributed by atoms with van der Waals surface area (Å²) in [5, 5.41) is 3.20. The first kappa shape index (κ1) is 18.1. The molecule has 0 saturated carbocycles. The number of halogens is 1. The number of anilines is 1. The lowest BCUT2D eigenvalue weighted by atomic mass is 10.1. The van der Waals surface area contributed by atoms with Crippen molar-refractivity contribution in [1.29, 1.82) is 0 Å². The van der Waals surface area contributed by atoms with Crippen molar-refractivity contribution in [3.63, 3.8) is 0 Å². The molecular weight excluding hydrogens is 374 g/mol. The number of carbonyl (C=O) groups is 2. The minimum absolute atomic E-state index is 0.227. The molecule has 1 fully saturated rings. The molecule has 2 heterocycles. The average molecular weight is 392 g/mol. The van der Waals surface area contributed by atoms with E-state index in [1.54, 1.807) is 30.3 Å². The maximum absolute atomic E-state index is 12.8. The molecule has 0 bridgehead atoms. The monoisotopic (exact) mass is 391 g/mol. The third-order valence-corrected chi connectivity index (χ3v) is 4.90. The molecular formula is C22H18ClN3O2. The molecule has 0 atom stereocenters. The van der Waals surface area contributed by atoms with Gasteiger partial charge in [0.1, 0.15) is 5.70 Å². The van der Waals surface area contributed by atoms with E-state index in [1.165, 1.54) is 5.56 Å². The summed E-state index contributed by atoms with van der Waals surface area (Å²) in [5.41, 5.74) is 4.83. The van der Waals surface area contributed by atoms with Crippen LogP contribution >= 0.6 is 11.6 Å². The van der Waals surface area contributed by atoms with Crippen LogP contribution in [0.4, 0.5) is 10.5 Å². The molecule has 0 unspecified atom stereocenters. The number of aryl methyl sites for hydroxylation is 2. The second-order valence-electron chi connectivity index (χ2n) is 6.70. The summed E-state index contributed by atoms with van der Waals surface area (Å²) in [4.78, 5) is 26.3. The van der Waals surface area contributed by atoms with E-state index >= 15 is 0 Å². The first-order chi connectivity index (χ1) is 13.4. The van der Waals surface area contributed by atoms with Crippen LogP contribution in [0.1, 0.15) is 16.8 Å². The van der Waals surface area contributed by atoms with E-state index in [9.17, 15) is 9.59 Å². The molecule has 1 aliphatic heterocycles. The Labute approximate surface area is 167 Å². The normalized spacial score (nSPS) is 15.4. The maximum atomic E-state index is 12.8. The van der Waals surface area contributed by atoms with Gasteiger partial charge in [0.05, 0.1) is 5.69 Å². The van der Waals surface area contributed by atoms with Crippen molar-refractivity contribution in [2.75, 3.05) is 4.90 Å². The average Bonchev–Trinajstić information content (AvgIpc) is 3.21. The first-order valence-electron chi connectivity index (χ1n) is 8.82. The van der Waals surface area contributed by atoms with Crippen LogP contribution in [0.5, 0.6) is 0 Å². The summed E-state index contributed by atoms with van der Waals surface area (Å²) in [6.07, 6.45) is 3.62. The van der Waals surface area contributed by atoms with Gasteiger partial charge in [-0.3, -0.25) is 4.79 Å².